The first kappa shape index (κ1) is 31.8. The number of nitrogen functional groups attached to an aromatic ring is 1. The maximum Gasteiger partial charge on any atom is 0.459 e. The Morgan fingerprint density at radius 2 is 1.91 bits per heavy atom. The van der Waals surface area contributed by atoms with Crippen LogP contribution in [-0.4, -0.2) is 64.4 Å². The summed E-state index contributed by atoms with van der Waals surface area (Å²) in [5.74, 6) is -1.28. The Kier molecular flexibility index (Phi) is 8.26. The molecule has 0 aliphatic carbocycles. The number of ether oxygens (including phenoxy) is 4. The van der Waals surface area contributed by atoms with E-state index in [1.807, 2.05) is 12.1 Å². The van der Waals surface area contributed by atoms with Crippen LogP contribution in [0.5, 0.6) is 5.75 Å². The van der Waals surface area contributed by atoms with Crippen molar-refractivity contribution < 1.29 is 37.4 Å². The topological polar surface area (TPSA) is 182 Å². The number of anilines is 1. The van der Waals surface area contributed by atoms with Crippen molar-refractivity contribution >= 4 is 25.1 Å². The number of rotatable bonds is 9. The summed E-state index contributed by atoms with van der Waals surface area (Å²) in [6, 6.07) is 11.6. The Balaban J connectivity index is 1.45. The van der Waals surface area contributed by atoms with Gasteiger partial charge in [-0.05, 0) is 56.0 Å². The molecule has 4 heterocycles. The lowest BCUT2D eigenvalue weighted by atomic mass is 9.87. The van der Waals surface area contributed by atoms with Gasteiger partial charge in [-0.3, -0.25) is 9.32 Å². The lowest BCUT2D eigenvalue weighted by Crippen LogP contribution is -2.40. The second-order valence-corrected chi connectivity index (χ2v) is 13.9. The number of methoxy groups -OCH3 is 1. The van der Waals surface area contributed by atoms with Crippen molar-refractivity contribution in [2.45, 2.75) is 82.7 Å². The third kappa shape index (κ3) is 5.91. The predicted octanol–water partition coefficient (Wildman–Crippen LogP) is 3.60. The smallest absolute Gasteiger partial charge is 0.459 e. The molecule has 6 atom stereocenters. The van der Waals surface area contributed by atoms with Gasteiger partial charge in [0.25, 0.3) is 0 Å². The van der Waals surface area contributed by atoms with E-state index in [4.69, 9.17) is 33.7 Å². The van der Waals surface area contributed by atoms with E-state index < -0.39 is 49.5 Å². The first-order valence-corrected chi connectivity index (χ1v) is 15.6. The fraction of sp³-hybridized carbons (Fsp3) is 0.517. The minimum Gasteiger partial charge on any atom is -0.468 e. The molecule has 5 rings (SSSR count). The molecule has 1 unspecified atom stereocenters. The normalized spacial score (nSPS) is 26.5. The SMILES string of the molecule is COC(=O)[C@H](C)NP(=O)(OC[C@H]1O[C@@](C#N)(c2ccc3c(N)ncnn23)[C@@H]2OC(C)(C)O[C@@H]21)Oc1ccc(C(C)(C)C)cc1. The Labute approximate surface area is 255 Å². The van der Waals surface area contributed by atoms with E-state index in [-0.39, 0.29) is 23.6 Å². The Morgan fingerprint density at radius 1 is 1.20 bits per heavy atom. The highest BCUT2D eigenvalue weighted by Crippen LogP contribution is 2.51. The van der Waals surface area contributed by atoms with Gasteiger partial charge in [-0.1, -0.05) is 32.9 Å². The van der Waals surface area contributed by atoms with Crippen LogP contribution in [0.25, 0.3) is 5.52 Å². The molecule has 2 aliphatic rings. The standard InChI is InChI=1S/C29H37N6O8P/c1-17(26(36)38-7)34-44(37,43-19-10-8-18(9-11-19)27(2,3)4)39-14-21-23-24(42-28(5,6)41-23)29(15-30,40-21)22-13-12-20-25(31)32-16-33-35(20)22/h8-13,16-17,21,23-24H,14H2,1-7H3,(H,34,37)(H2,31,32,33)/t17-,21+,23+,24+,29-,44?/m0/s1. The quantitative estimate of drug-likeness (QED) is 0.259. The van der Waals surface area contributed by atoms with Crippen LogP contribution in [0.1, 0.15) is 52.8 Å². The zero-order valence-corrected chi connectivity index (χ0v) is 26.5. The minimum atomic E-state index is -4.25. The summed E-state index contributed by atoms with van der Waals surface area (Å²) in [6.45, 7) is 10.8. The fourth-order valence-electron chi connectivity index (χ4n) is 5.35. The number of aromatic nitrogens is 3. The second-order valence-electron chi connectivity index (χ2n) is 12.2. The van der Waals surface area contributed by atoms with Gasteiger partial charge in [0.15, 0.2) is 11.6 Å². The summed E-state index contributed by atoms with van der Waals surface area (Å²) >= 11 is 0. The van der Waals surface area contributed by atoms with Crippen molar-refractivity contribution in [3.8, 4) is 11.8 Å². The summed E-state index contributed by atoms with van der Waals surface area (Å²) in [7, 11) is -3.03. The van der Waals surface area contributed by atoms with Crippen molar-refractivity contribution in [3.63, 3.8) is 0 Å². The van der Waals surface area contributed by atoms with Crippen molar-refractivity contribution in [1.82, 2.24) is 19.7 Å². The number of fused-ring (bicyclic) bond motifs is 2. The Hall–Kier alpha value is -3.57. The molecule has 2 aromatic heterocycles. The molecule has 15 heteroatoms. The highest BCUT2D eigenvalue weighted by Gasteiger charge is 2.65. The maximum atomic E-state index is 14.2. The van der Waals surface area contributed by atoms with Gasteiger partial charge < -0.3 is 29.2 Å². The number of benzene rings is 1. The third-order valence-corrected chi connectivity index (χ3v) is 9.17. The van der Waals surface area contributed by atoms with E-state index >= 15 is 0 Å². The second kappa shape index (κ2) is 11.4. The van der Waals surface area contributed by atoms with Crippen LogP contribution in [0, 0.1) is 11.3 Å². The Bertz CT molecular complexity index is 1630. The molecule has 3 aromatic rings. The van der Waals surface area contributed by atoms with Crippen molar-refractivity contribution in [1.29, 1.82) is 5.26 Å². The number of carbonyl (C=O) groups is 1. The van der Waals surface area contributed by atoms with Crippen LogP contribution in [0.3, 0.4) is 0 Å². The summed E-state index contributed by atoms with van der Waals surface area (Å²) in [5.41, 5.74) is 6.08. The van der Waals surface area contributed by atoms with Gasteiger partial charge in [-0.25, -0.2) is 14.1 Å². The molecule has 2 fully saturated rings. The molecule has 0 spiro atoms. The van der Waals surface area contributed by atoms with Gasteiger partial charge in [0.1, 0.15) is 48.0 Å². The predicted molar refractivity (Wildman–Crippen MR) is 157 cm³/mol. The number of nitrogens with two attached hydrogens (primary N) is 1. The largest absolute Gasteiger partial charge is 0.468 e. The van der Waals surface area contributed by atoms with Gasteiger partial charge in [0, 0.05) is 0 Å². The van der Waals surface area contributed by atoms with Crippen LogP contribution in [-0.2, 0) is 43.8 Å². The molecule has 3 N–H and O–H groups in total. The van der Waals surface area contributed by atoms with Crippen LogP contribution < -0.4 is 15.3 Å². The van der Waals surface area contributed by atoms with E-state index in [0.29, 0.717) is 11.2 Å². The summed E-state index contributed by atoms with van der Waals surface area (Å²) in [5, 5.41) is 17.5. The van der Waals surface area contributed by atoms with E-state index in [0.717, 1.165) is 5.56 Å². The molecule has 0 bridgehead atoms. The molecule has 236 valence electrons. The van der Waals surface area contributed by atoms with Crippen LogP contribution in [0.4, 0.5) is 5.82 Å². The average molecular weight is 629 g/mol. The number of nitrogens with one attached hydrogen (secondary N) is 1. The average Bonchev–Trinajstić information content (AvgIpc) is 3.62. The van der Waals surface area contributed by atoms with Crippen LogP contribution in [0.2, 0.25) is 0 Å². The number of carbonyl (C=O) groups excluding carboxylic acids is 1. The van der Waals surface area contributed by atoms with Crippen molar-refractivity contribution in [3.05, 3.63) is 54.0 Å². The van der Waals surface area contributed by atoms with Gasteiger partial charge in [0.2, 0.25) is 5.60 Å². The molecular weight excluding hydrogens is 591 g/mol. The molecule has 2 aliphatic heterocycles. The summed E-state index contributed by atoms with van der Waals surface area (Å²) < 4.78 is 50.9. The molecule has 0 saturated carbocycles. The fourth-order valence-corrected chi connectivity index (χ4v) is 6.85. The molecule has 1 aromatic carbocycles. The van der Waals surface area contributed by atoms with E-state index in [1.165, 1.54) is 24.9 Å². The van der Waals surface area contributed by atoms with Crippen LogP contribution in [0.15, 0.2) is 42.7 Å². The van der Waals surface area contributed by atoms with E-state index in [2.05, 4.69) is 42.0 Å². The number of hydrogen-bond donors (Lipinski definition) is 2. The highest BCUT2D eigenvalue weighted by molar-refractivity contribution is 7.52. The Morgan fingerprint density at radius 3 is 2.55 bits per heavy atom. The number of esters is 1. The number of nitriles is 1. The van der Waals surface area contributed by atoms with Gasteiger partial charge in [0.05, 0.1) is 19.4 Å². The zero-order chi connectivity index (χ0) is 32.1. The highest BCUT2D eigenvalue weighted by atomic mass is 31.2. The van der Waals surface area contributed by atoms with E-state index in [9.17, 15) is 14.6 Å². The van der Waals surface area contributed by atoms with E-state index in [1.54, 1.807) is 38.1 Å². The minimum absolute atomic E-state index is 0.111. The number of nitrogens with zero attached hydrogens (tertiary/aromatic N) is 4. The molecule has 44 heavy (non-hydrogen) atoms. The molecular formula is C29H37N6O8P. The molecule has 0 amide bonds. The molecule has 14 nitrogen and oxygen atoms in total. The molecule has 2 saturated heterocycles. The lowest BCUT2D eigenvalue weighted by molar-refractivity contribution is -0.204. The molecule has 0 radical (unpaired) electrons. The lowest BCUT2D eigenvalue weighted by Gasteiger charge is -2.29. The monoisotopic (exact) mass is 628 g/mol. The number of hydrogen-bond acceptors (Lipinski definition) is 12. The summed E-state index contributed by atoms with van der Waals surface area (Å²) in [6.07, 6.45) is -1.42. The van der Waals surface area contributed by atoms with Gasteiger partial charge in [-0.15, -0.1) is 0 Å². The van der Waals surface area contributed by atoms with Crippen molar-refractivity contribution in [2.24, 2.45) is 0 Å². The zero-order valence-electron chi connectivity index (χ0n) is 25.6. The maximum absolute atomic E-state index is 14.2. The van der Waals surface area contributed by atoms with Gasteiger partial charge in [-0.2, -0.15) is 15.4 Å². The summed E-state index contributed by atoms with van der Waals surface area (Å²) in [4.78, 5) is 16.2. The van der Waals surface area contributed by atoms with Crippen molar-refractivity contribution in [2.75, 3.05) is 19.5 Å². The third-order valence-electron chi connectivity index (χ3n) is 7.52. The van der Waals surface area contributed by atoms with Crippen LogP contribution >= 0.6 is 7.75 Å². The van der Waals surface area contributed by atoms with Gasteiger partial charge >= 0.3 is 13.7 Å². The first-order valence-electron chi connectivity index (χ1n) is 14.0. The first-order chi connectivity index (χ1) is 20.6.